The summed E-state index contributed by atoms with van der Waals surface area (Å²) >= 11 is 6.04. The van der Waals surface area contributed by atoms with Crippen molar-refractivity contribution in [3.8, 4) is 11.8 Å². The number of halogens is 1. The van der Waals surface area contributed by atoms with Gasteiger partial charge in [-0.25, -0.2) is 0 Å². The fourth-order valence-electron chi connectivity index (χ4n) is 2.23. The van der Waals surface area contributed by atoms with Gasteiger partial charge >= 0.3 is 0 Å². The van der Waals surface area contributed by atoms with Crippen molar-refractivity contribution < 1.29 is 4.74 Å². The Kier molecular flexibility index (Phi) is 5.08. The predicted octanol–water partition coefficient (Wildman–Crippen LogP) is 4.26. The highest BCUT2D eigenvalue weighted by Crippen LogP contribution is 2.23. The molecule has 4 heteroatoms. The molecule has 2 rings (SSSR count). The predicted molar refractivity (Wildman–Crippen MR) is 85.9 cm³/mol. The van der Waals surface area contributed by atoms with Gasteiger partial charge in [0.1, 0.15) is 11.8 Å². The minimum atomic E-state index is 0.213. The summed E-state index contributed by atoms with van der Waals surface area (Å²) in [4.78, 5) is 0. The van der Waals surface area contributed by atoms with Crippen LogP contribution in [0.1, 0.15) is 18.1 Å². The quantitative estimate of drug-likeness (QED) is 0.897. The molecule has 3 nitrogen and oxygen atoms in total. The topological polar surface area (TPSA) is 45.0 Å². The molecular weight excluding hydrogens is 284 g/mol. The number of nitriles is 1. The van der Waals surface area contributed by atoms with E-state index in [0.717, 1.165) is 23.4 Å². The van der Waals surface area contributed by atoms with Crippen molar-refractivity contribution in [1.29, 1.82) is 5.26 Å². The summed E-state index contributed by atoms with van der Waals surface area (Å²) in [6.07, 6.45) is 0.835. The number of nitrogens with zero attached hydrogens (tertiary/aromatic N) is 1. The number of ether oxygens (including phenoxy) is 1. The number of nitrogens with one attached hydrogen (secondary N) is 1. The van der Waals surface area contributed by atoms with Crippen LogP contribution in [0.4, 0.5) is 5.69 Å². The highest BCUT2D eigenvalue weighted by atomic mass is 35.5. The third-order valence-electron chi connectivity index (χ3n) is 3.22. The van der Waals surface area contributed by atoms with E-state index in [1.54, 1.807) is 19.2 Å². The van der Waals surface area contributed by atoms with Crippen LogP contribution in [0.2, 0.25) is 5.02 Å². The lowest BCUT2D eigenvalue weighted by Crippen LogP contribution is -2.18. The molecule has 21 heavy (non-hydrogen) atoms. The highest BCUT2D eigenvalue weighted by Gasteiger charge is 2.09. The summed E-state index contributed by atoms with van der Waals surface area (Å²) in [5.41, 5.74) is 2.54. The van der Waals surface area contributed by atoms with Gasteiger partial charge in [-0.15, -0.1) is 0 Å². The molecule has 0 saturated carbocycles. The number of hydrogen-bond acceptors (Lipinski definition) is 3. The zero-order valence-electron chi connectivity index (χ0n) is 12.1. The van der Waals surface area contributed by atoms with Crippen LogP contribution in [0.3, 0.4) is 0 Å². The van der Waals surface area contributed by atoms with Gasteiger partial charge in [0.15, 0.2) is 0 Å². The van der Waals surface area contributed by atoms with E-state index >= 15 is 0 Å². The first-order chi connectivity index (χ1) is 10.1. The summed E-state index contributed by atoms with van der Waals surface area (Å²) in [5, 5.41) is 12.7. The molecule has 0 aromatic heterocycles. The molecule has 0 spiro atoms. The lowest BCUT2D eigenvalue weighted by atomic mass is 10.1. The molecule has 0 amide bonds. The molecule has 1 unspecified atom stereocenters. The van der Waals surface area contributed by atoms with E-state index in [1.165, 1.54) is 0 Å². The summed E-state index contributed by atoms with van der Waals surface area (Å²) in [6.45, 7) is 2.10. The first-order valence-electron chi connectivity index (χ1n) is 6.72. The van der Waals surface area contributed by atoms with Crippen molar-refractivity contribution in [2.24, 2.45) is 0 Å². The Morgan fingerprint density at radius 1 is 1.29 bits per heavy atom. The van der Waals surface area contributed by atoms with E-state index in [4.69, 9.17) is 21.6 Å². The molecule has 0 aliphatic rings. The largest absolute Gasteiger partial charge is 0.496 e. The van der Waals surface area contributed by atoms with E-state index < -0.39 is 0 Å². The van der Waals surface area contributed by atoms with Crippen molar-refractivity contribution in [2.45, 2.75) is 19.4 Å². The minimum Gasteiger partial charge on any atom is -0.496 e. The Hall–Kier alpha value is -2.18. The Morgan fingerprint density at radius 2 is 2.05 bits per heavy atom. The Morgan fingerprint density at radius 3 is 2.71 bits per heavy atom. The van der Waals surface area contributed by atoms with Crippen LogP contribution in [-0.2, 0) is 6.42 Å². The van der Waals surface area contributed by atoms with Gasteiger partial charge in [-0.2, -0.15) is 5.26 Å². The van der Waals surface area contributed by atoms with Gasteiger partial charge in [0, 0.05) is 11.7 Å². The van der Waals surface area contributed by atoms with Crippen LogP contribution in [-0.4, -0.2) is 13.2 Å². The number of hydrogen-bond donors (Lipinski definition) is 1. The van der Waals surface area contributed by atoms with Gasteiger partial charge in [0.2, 0.25) is 0 Å². The highest BCUT2D eigenvalue weighted by molar-refractivity contribution is 6.32. The summed E-state index contributed by atoms with van der Waals surface area (Å²) in [5.74, 6) is 0.893. The molecule has 108 valence electrons. The normalized spacial score (nSPS) is 11.5. The lowest BCUT2D eigenvalue weighted by Gasteiger charge is -2.17. The minimum absolute atomic E-state index is 0.213. The average Bonchev–Trinajstić information content (AvgIpc) is 2.48. The smallest absolute Gasteiger partial charge is 0.122 e. The van der Waals surface area contributed by atoms with Crippen LogP contribution in [0.25, 0.3) is 0 Å². The van der Waals surface area contributed by atoms with Crippen LogP contribution < -0.4 is 10.1 Å². The number of benzene rings is 2. The van der Waals surface area contributed by atoms with Crippen LogP contribution in [0, 0.1) is 11.3 Å². The van der Waals surface area contributed by atoms with E-state index in [9.17, 15) is 0 Å². The zero-order valence-corrected chi connectivity index (χ0v) is 12.8. The van der Waals surface area contributed by atoms with Gasteiger partial charge in [-0.1, -0.05) is 29.8 Å². The summed E-state index contributed by atoms with van der Waals surface area (Å²) < 4.78 is 5.36. The van der Waals surface area contributed by atoms with Gasteiger partial charge < -0.3 is 10.1 Å². The number of methoxy groups -OCH3 is 1. The maximum absolute atomic E-state index is 8.87. The molecule has 0 aliphatic heterocycles. The first-order valence-corrected chi connectivity index (χ1v) is 7.10. The van der Waals surface area contributed by atoms with Crippen molar-refractivity contribution in [2.75, 3.05) is 12.4 Å². The molecule has 0 radical (unpaired) electrons. The molecule has 0 saturated heterocycles. The van der Waals surface area contributed by atoms with Gasteiger partial charge in [-0.05, 0) is 43.2 Å². The standard InChI is InChI=1S/C17H17ClN2O/c1-12(9-13-5-3-4-6-17(13)21-2)20-15-8-7-14(11-19)16(18)10-15/h3-8,10,12,20H,9H2,1-2H3. The Labute approximate surface area is 130 Å². The number of para-hydroxylation sites is 1. The van der Waals surface area contributed by atoms with E-state index in [-0.39, 0.29) is 6.04 Å². The second-order valence-electron chi connectivity index (χ2n) is 4.87. The average molecular weight is 301 g/mol. The van der Waals surface area contributed by atoms with Crippen molar-refractivity contribution in [3.63, 3.8) is 0 Å². The summed E-state index contributed by atoms with van der Waals surface area (Å²) in [6, 6.07) is 15.6. The monoisotopic (exact) mass is 300 g/mol. The molecule has 0 bridgehead atoms. The van der Waals surface area contributed by atoms with Crippen LogP contribution in [0.15, 0.2) is 42.5 Å². The van der Waals surface area contributed by atoms with Crippen molar-refractivity contribution >= 4 is 17.3 Å². The Balaban J connectivity index is 2.06. The zero-order chi connectivity index (χ0) is 15.2. The third-order valence-corrected chi connectivity index (χ3v) is 3.53. The van der Waals surface area contributed by atoms with E-state index in [1.807, 2.05) is 24.3 Å². The fourth-order valence-corrected chi connectivity index (χ4v) is 2.46. The van der Waals surface area contributed by atoms with E-state index in [0.29, 0.717) is 10.6 Å². The van der Waals surface area contributed by atoms with Crippen LogP contribution in [0.5, 0.6) is 5.75 Å². The molecule has 0 heterocycles. The maximum atomic E-state index is 8.87. The molecule has 2 aromatic rings. The molecular formula is C17H17ClN2O. The third kappa shape index (κ3) is 3.90. The van der Waals surface area contributed by atoms with Gasteiger partial charge in [0.05, 0.1) is 17.7 Å². The second kappa shape index (κ2) is 7.01. The van der Waals surface area contributed by atoms with Crippen molar-refractivity contribution in [3.05, 3.63) is 58.6 Å². The second-order valence-corrected chi connectivity index (χ2v) is 5.27. The van der Waals surface area contributed by atoms with Crippen LogP contribution >= 0.6 is 11.6 Å². The van der Waals surface area contributed by atoms with Crippen molar-refractivity contribution in [1.82, 2.24) is 0 Å². The molecule has 2 aromatic carbocycles. The van der Waals surface area contributed by atoms with Gasteiger partial charge in [-0.3, -0.25) is 0 Å². The Bertz CT molecular complexity index is 664. The summed E-state index contributed by atoms with van der Waals surface area (Å²) in [7, 11) is 1.68. The van der Waals surface area contributed by atoms with E-state index in [2.05, 4.69) is 24.4 Å². The first kappa shape index (κ1) is 15.2. The number of anilines is 1. The maximum Gasteiger partial charge on any atom is 0.122 e. The SMILES string of the molecule is COc1ccccc1CC(C)Nc1ccc(C#N)c(Cl)c1. The molecule has 1 N–H and O–H groups in total. The van der Waals surface area contributed by atoms with Gasteiger partial charge in [0.25, 0.3) is 0 Å². The molecule has 0 aliphatic carbocycles. The fraction of sp³-hybridized carbons (Fsp3) is 0.235. The lowest BCUT2D eigenvalue weighted by molar-refractivity contribution is 0.409. The number of rotatable bonds is 5. The molecule has 0 fully saturated rings. The molecule has 1 atom stereocenters.